The number of hydrogen-bond acceptors (Lipinski definition) is 4. The third-order valence-corrected chi connectivity index (χ3v) is 4.21. The third kappa shape index (κ3) is 3.76. The largest absolute Gasteiger partial charge is 0.496 e. The molecule has 25 heavy (non-hydrogen) atoms. The number of fused-ring (bicyclic) bond motifs is 1. The molecule has 0 unspecified atom stereocenters. The maximum absolute atomic E-state index is 12.4. The summed E-state index contributed by atoms with van der Waals surface area (Å²) in [4.78, 5) is 21.4. The maximum atomic E-state index is 12.4. The summed E-state index contributed by atoms with van der Waals surface area (Å²) in [5, 5.41) is 2.95. The molecule has 1 aromatic heterocycles. The van der Waals surface area contributed by atoms with Crippen LogP contribution in [0.3, 0.4) is 0 Å². The molecule has 0 aliphatic rings. The zero-order valence-corrected chi connectivity index (χ0v) is 14.7. The molecule has 0 bridgehead atoms. The molecule has 0 spiro atoms. The van der Waals surface area contributed by atoms with Crippen LogP contribution in [0.5, 0.6) is 5.75 Å². The van der Waals surface area contributed by atoms with Crippen molar-refractivity contribution < 1.29 is 9.53 Å². The lowest BCUT2D eigenvalue weighted by molar-refractivity contribution is 0.0954. The van der Waals surface area contributed by atoms with Crippen LogP contribution in [-0.2, 0) is 6.42 Å². The molecule has 0 aliphatic heterocycles. The van der Waals surface area contributed by atoms with Crippen LogP contribution in [0.15, 0.2) is 42.5 Å². The first-order valence-corrected chi connectivity index (χ1v) is 8.23. The summed E-state index contributed by atoms with van der Waals surface area (Å²) >= 11 is 0. The van der Waals surface area contributed by atoms with E-state index in [1.54, 1.807) is 19.2 Å². The summed E-state index contributed by atoms with van der Waals surface area (Å²) in [6, 6.07) is 13.2. The molecule has 3 aromatic rings. The van der Waals surface area contributed by atoms with E-state index in [1.165, 1.54) is 0 Å². The number of nitrogens with one attached hydrogen (secondary N) is 1. The summed E-state index contributed by atoms with van der Waals surface area (Å²) in [5.74, 6) is 0.723. The number of methoxy groups -OCH3 is 1. The Kier molecular flexibility index (Phi) is 4.93. The number of ether oxygens (including phenoxy) is 1. The fraction of sp³-hybridized carbons (Fsp3) is 0.250. The molecular weight excluding hydrogens is 314 g/mol. The zero-order chi connectivity index (χ0) is 17.8. The lowest BCUT2D eigenvalue weighted by Crippen LogP contribution is -2.25. The van der Waals surface area contributed by atoms with E-state index in [1.807, 2.05) is 44.2 Å². The number of para-hydroxylation sites is 1. The predicted octanol–water partition coefficient (Wildman–Crippen LogP) is 3.23. The van der Waals surface area contributed by atoms with Gasteiger partial charge in [0.25, 0.3) is 5.91 Å². The lowest BCUT2D eigenvalue weighted by atomic mass is 10.1. The Bertz CT molecular complexity index is 922. The summed E-state index contributed by atoms with van der Waals surface area (Å²) in [6.07, 6.45) is 0.710. The normalized spacial score (nSPS) is 10.7. The molecule has 1 amide bonds. The van der Waals surface area contributed by atoms with E-state index < -0.39 is 0 Å². The molecule has 1 heterocycles. The molecule has 0 saturated carbocycles. The Hall–Kier alpha value is -2.95. The molecular formula is C20H21N3O2. The van der Waals surface area contributed by atoms with Crippen LogP contribution in [0.4, 0.5) is 0 Å². The van der Waals surface area contributed by atoms with E-state index in [2.05, 4.69) is 15.3 Å². The number of aryl methyl sites for hydroxylation is 2. The first kappa shape index (κ1) is 16.9. The minimum absolute atomic E-state index is 0.114. The molecule has 2 aromatic carbocycles. The fourth-order valence-electron chi connectivity index (χ4n) is 2.69. The Morgan fingerprint density at radius 1 is 1.04 bits per heavy atom. The molecule has 0 atom stereocenters. The average Bonchev–Trinajstić information content (AvgIpc) is 2.62. The van der Waals surface area contributed by atoms with Crippen molar-refractivity contribution in [1.82, 2.24) is 15.3 Å². The quantitative estimate of drug-likeness (QED) is 0.777. The van der Waals surface area contributed by atoms with Crippen molar-refractivity contribution in [3.63, 3.8) is 0 Å². The highest BCUT2D eigenvalue weighted by Crippen LogP contribution is 2.17. The van der Waals surface area contributed by atoms with Crippen molar-refractivity contribution in [1.29, 1.82) is 0 Å². The molecule has 3 rings (SSSR count). The molecule has 0 aliphatic carbocycles. The van der Waals surface area contributed by atoms with Gasteiger partial charge in [0.2, 0.25) is 0 Å². The van der Waals surface area contributed by atoms with Crippen LogP contribution in [0.2, 0.25) is 0 Å². The number of carbonyl (C=O) groups is 1. The Balaban J connectivity index is 1.69. The van der Waals surface area contributed by atoms with Crippen LogP contribution >= 0.6 is 0 Å². The van der Waals surface area contributed by atoms with Gasteiger partial charge in [0.1, 0.15) is 5.75 Å². The van der Waals surface area contributed by atoms with Crippen LogP contribution in [0.1, 0.15) is 27.3 Å². The summed E-state index contributed by atoms with van der Waals surface area (Å²) < 4.78 is 5.33. The van der Waals surface area contributed by atoms with Gasteiger partial charge in [-0.15, -0.1) is 0 Å². The van der Waals surface area contributed by atoms with Crippen LogP contribution in [0, 0.1) is 13.8 Å². The third-order valence-electron chi connectivity index (χ3n) is 4.21. The van der Waals surface area contributed by atoms with Gasteiger partial charge in [0.15, 0.2) is 0 Å². The van der Waals surface area contributed by atoms with Gasteiger partial charge >= 0.3 is 0 Å². The Morgan fingerprint density at radius 3 is 2.52 bits per heavy atom. The highest BCUT2D eigenvalue weighted by molar-refractivity contribution is 5.97. The second-order valence-electron chi connectivity index (χ2n) is 5.92. The number of aromatic nitrogens is 2. The molecule has 5 nitrogen and oxygen atoms in total. The van der Waals surface area contributed by atoms with E-state index in [9.17, 15) is 4.79 Å². The maximum Gasteiger partial charge on any atom is 0.251 e. The smallest absolute Gasteiger partial charge is 0.251 e. The predicted molar refractivity (Wildman–Crippen MR) is 98.0 cm³/mol. The Morgan fingerprint density at radius 2 is 1.76 bits per heavy atom. The molecule has 5 heteroatoms. The van der Waals surface area contributed by atoms with Gasteiger partial charge in [-0.1, -0.05) is 18.2 Å². The lowest BCUT2D eigenvalue weighted by Gasteiger charge is -2.09. The van der Waals surface area contributed by atoms with E-state index in [0.717, 1.165) is 33.7 Å². The highest BCUT2D eigenvalue weighted by Gasteiger charge is 2.09. The minimum Gasteiger partial charge on any atom is -0.496 e. The number of amides is 1. The fourth-order valence-corrected chi connectivity index (χ4v) is 2.69. The summed E-state index contributed by atoms with van der Waals surface area (Å²) in [7, 11) is 1.65. The molecule has 0 saturated heterocycles. The standard InChI is InChI=1S/C20H21N3O2/c1-13-14(2)23-18-12-16(8-9-17(18)22-13)20(24)21-11-10-15-6-4-5-7-19(15)25-3/h4-9,12H,10-11H2,1-3H3,(H,21,24). The van der Waals surface area contributed by atoms with Gasteiger partial charge in [-0.05, 0) is 50.1 Å². The van der Waals surface area contributed by atoms with Crippen LogP contribution in [-0.4, -0.2) is 29.5 Å². The average molecular weight is 335 g/mol. The van der Waals surface area contributed by atoms with Crippen molar-refractivity contribution in [2.45, 2.75) is 20.3 Å². The number of nitrogens with zero attached hydrogens (tertiary/aromatic N) is 2. The second-order valence-corrected chi connectivity index (χ2v) is 5.92. The highest BCUT2D eigenvalue weighted by atomic mass is 16.5. The van der Waals surface area contributed by atoms with Crippen molar-refractivity contribution in [3.05, 3.63) is 65.0 Å². The van der Waals surface area contributed by atoms with Gasteiger partial charge in [-0.25, -0.2) is 9.97 Å². The number of carbonyl (C=O) groups excluding carboxylic acids is 1. The van der Waals surface area contributed by atoms with Crippen LogP contribution in [0.25, 0.3) is 11.0 Å². The van der Waals surface area contributed by atoms with Gasteiger partial charge in [-0.2, -0.15) is 0 Å². The van der Waals surface area contributed by atoms with E-state index in [0.29, 0.717) is 18.5 Å². The van der Waals surface area contributed by atoms with E-state index >= 15 is 0 Å². The molecule has 128 valence electrons. The number of rotatable bonds is 5. The van der Waals surface area contributed by atoms with E-state index in [4.69, 9.17) is 4.74 Å². The SMILES string of the molecule is COc1ccccc1CCNC(=O)c1ccc2nc(C)c(C)nc2c1. The van der Waals surface area contributed by atoms with E-state index in [-0.39, 0.29) is 5.91 Å². The van der Waals surface area contributed by atoms with Crippen molar-refractivity contribution >= 4 is 16.9 Å². The first-order chi connectivity index (χ1) is 12.1. The van der Waals surface area contributed by atoms with Gasteiger partial charge < -0.3 is 10.1 Å². The minimum atomic E-state index is -0.114. The summed E-state index contributed by atoms with van der Waals surface area (Å²) in [6.45, 7) is 4.39. The number of hydrogen-bond donors (Lipinski definition) is 1. The monoisotopic (exact) mass is 335 g/mol. The topological polar surface area (TPSA) is 64.1 Å². The molecule has 0 fully saturated rings. The first-order valence-electron chi connectivity index (χ1n) is 8.23. The van der Waals surface area contributed by atoms with Crippen molar-refractivity contribution in [2.75, 3.05) is 13.7 Å². The van der Waals surface area contributed by atoms with Crippen LogP contribution < -0.4 is 10.1 Å². The second kappa shape index (κ2) is 7.30. The zero-order valence-electron chi connectivity index (χ0n) is 14.7. The molecule has 0 radical (unpaired) electrons. The molecule has 1 N–H and O–H groups in total. The number of benzene rings is 2. The Labute approximate surface area is 147 Å². The van der Waals surface area contributed by atoms with Crippen molar-refractivity contribution in [2.24, 2.45) is 0 Å². The van der Waals surface area contributed by atoms with Crippen molar-refractivity contribution in [3.8, 4) is 5.75 Å². The van der Waals surface area contributed by atoms with Gasteiger partial charge in [-0.3, -0.25) is 4.79 Å². The van der Waals surface area contributed by atoms with Gasteiger partial charge in [0, 0.05) is 12.1 Å². The summed E-state index contributed by atoms with van der Waals surface area (Å²) in [5.41, 5.74) is 4.97. The van der Waals surface area contributed by atoms with Gasteiger partial charge in [0.05, 0.1) is 29.5 Å².